The molecule has 0 fully saturated rings. The third-order valence-corrected chi connectivity index (χ3v) is 3.74. The van der Waals surface area contributed by atoms with Gasteiger partial charge in [0.25, 0.3) is 0 Å². The Morgan fingerprint density at radius 3 is 2.81 bits per heavy atom. The molecular formula is C13H16ClN5OS. The highest BCUT2D eigenvalue weighted by molar-refractivity contribution is 7.98. The largest absolute Gasteiger partial charge is 0.463 e. The van der Waals surface area contributed by atoms with Crippen molar-refractivity contribution >= 4 is 29.3 Å². The highest BCUT2D eigenvalue weighted by Gasteiger charge is 2.08. The molecule has 0 spiro atoms. The van der Waals surface area contributed by atoms with E-state index >= 15 is 0 Å². The molecule has 0 amide bonds. The Balaban J connectivity index is 2.09. The van der Waals surface area contributed by atoms with E-state index in [1.807, 2.05) is 31.2 Å². The Labute approximate surface area is 132 Å². The third kappa shape index (κ3) is 4.73. The number of benzene rings is 1. The van der Waals surface area contributed by atoms with E-state index in [0.717, 1.165) is 17.0 Å². The molecule has 0 bridgehead atoms. The number of thioether (sulfide) groups is 1. The lowest BCUT2D eigenvalue weighted by Crippen LogP contribution is -2.13. The molecule has 0 saturated heterocycles. The maximum absolute atomic E-state index is 6.13. The first-order valence-electron chi connectivity index (χ1n) is 6.44. The predicted octanol–water partition coefficient (Wildman–Crippen LogP) is 2.89. The van der Waals surface area contributed by atoms with Gasteiger partial charge in [-0.2, -0.15) is 15.0 Å². The first kappa shape index (κ1) is 15.8. The normalized spacial score (nSPS) is 10.4. The van der Waals surface area contributed by atoms with Crippen LogP contribution in [0.1, 0.15) is 18.9 Å². The molecule has 2 aromatic rings. The Morgan fingerprint density at radius 2 is 2.10 bits per heavy atom. The van der Waals surface area contributed by atoms with Gasteiger partial charge in [-0.05, 0) is 18.1 Å². The minimum absolute atomic E-state index is 0.265. The average molecular weight is 326 g/mol. The molecule has 0 aliphatic heterocycles. The monoisotopic (exact) mass is 325 g/mol. The summed E-state index contributed by atoms with van der Waals surface area (Å²) < 4.78 is 5.42. The van der Waals surface area contributed by atoms with E-state index in [9.17, 15) is 0 Å². The van der Waals surface area contributed by atoms with Gasteiger partial charge in [-0.15, -0.1) is 0 Å². The molecule has 6 nitrogen and oxygen atoms in total. The van der Waals surface area contributed by atoms with Gasteiger partial charge in [-0.1, -0.05) is 48.5 Å². The molecule has 1 heterocycles. The second-order valence-electron chi connectivity index (χ2n) is 4.10. The van der Waals surface area contributed by atoms with E-state index in [-0.39, 0.29) is 12.0 Å². The van der Waals surface area contributed by atoms with E-state index in [1.165, 1.54) is 11.8 Å². The van der Waals surface area contributed by atoms with Crippen LogP contribution in [-0.4, -0.2) is 21.6 Å². The summed E-state index contributed by atoms with van der Waals surface area (Å²) in [5.74, 6) is 6.29. The fraction of sp³-hybridized carbons (Fsp3) is 0.308. The smallest absolute Gasteiger partial charge is 0.322 e. The van der Waals surface area contributed by atoms with Gasteiger partial charge in [0.05, 0.1) is 6.61 Å². The Kier molecular flexibility index (Phi) is 6.04. The van der Waals surface area contributed by atoms with E-state index in [0.29, 0.717) is 17.5 Å². The minimum atomic E-state index is 0.265. The van der Waals surface area contributed by atoms with E-state index < -0.39 is 0 Å². The number of hydrogen-bond donors (Lipinski definition) is 2. The second-order valence-corrected chi connectivity index (χ2v) is 5.45. The van der Waals surface area contributed by atoms with E-state index in [2.05, 4.69) is 20.4 Å². The van der Waals surface area contributed by atoms with Crippen LogP contribution in [0.15, 0.2) is 29.4 Å². The number of hydrazine groups is 1. The maximum atomic E-state index is 6.13. The van der Waals surface area contributed by atoms with Crippen molar-refractivity contribution in [1.82, 2.24) is 15.0 Å². The summed E-state index contributed by atoms with van der Waals surface area (Å²) in [6.07, 6.45) is 0.874. The summed E-state index contributed by atoms with van der Waals surface area (Å²) in [4.78, 5) is 12.5. The number of nitrogens with two attached hydrogens (primary N) is 1. The first-order valence-corrected chi connectivity index (χ1v) is 7.81. The zero-order valence-corrected chi connectivity index (χ0v) is 13.1. The number of hydrogen-bond acceptors (Lipinski definition) is 7. The van der Waals surface area contributed by atoms with Gasteiger partial charge in [0.2, 0.25) is 5.95 Å². The molecule has 112 valence electrons. The lowest BCUT2D eigenvalue weighted by atomic mass is 10.2. The second kappa shape index (κ2) is 8.02. The topological polar surface area (TPSA) is 86.0 Å². The molecule has 8 heteroatoms. The summed E-state index contributed by atoms with van der Waals surface area (Å²) in [5, 5.41) is 1.25. The predicted molar refractivity (Wildman–Crippen MR) is 84.4 cm³/mol. The number of halogens is 1. The van der Waals surface area contributed by atoms with Crippen LogP contribution in [0.3, 0.4) is 0 Å². The fourth-order valence-electron chi connectivity index (χ4n) is 1.48. The van der Waals surface area contributed by atoms with Gasteiger partial charge >= 0.3 is 6.01 Å². The molecule has 0 saturated carbocycles. The summed E-state index contributed by atoms with van der Waals surface area (Å²) >= 11 is 7.57. The SMILES string of the molecule is CCCOc1nc(NN)nc(SCc2ccccc2Cl)n1. The number of nitrogens with zero attached hydrogens (tertiary/aromatic N) is 3. The van der Waals surface area contributed by atoms with Crippen LogP contribution in [0.5, 0.6) is 6.01 Å². The molecule has 2 rings (SSSR count). The number of nitrogens with one attached hydrogen (secondary N) is 1. The third-order valence-electron chi connectivity index (χ3n) is 2.47. The first-order chi connectivity index (χ1) is 10.2. The van der Waals surface area contributed by atoms with Crippen molar-refractivity contribution in [2.45, 2.75) is 24.3 Å². The molecule has 0 aliphatic rings. The number of anilines is 1. The molecular weight excluding hydrogens is 310 g/mol. The van der Waals surface area contributed by atoms with Crippen LogP contribution >= 0.6 is 23.4 Å². The van der Waals surface area contributed by atoms with Crippen molar-refractivity contribution in [2.24, 2.45) is 5.84 Å². The van der Waals surface area contributed by atoms with Gasteiger partial charge in [0.1, 0.15) is 0 Å². The van der Waals surface area contributed by atoms with Crippen molar-refractivity contribution in [2.75, 3.05) is 12.0 Å². The van der Waals surface area contributed by atoms with Gasteiger partial charge < -0.3 is 4.74 Å². The fourth-order valence-corrected chi connectivity index (χ4v) is 2.59. The van der Waals surface area contributed by atoms with Gasteiger partial charge in [0.15, 0.2) is 5.16 Å². The van der Waals surface area contributed by atoms with Crippen LogP contribution in [0.4, 0.5) is 5.95 Å². The Bertz CT molecular complexity index is 599. The maximum Gasteiger partial charge on any atom is 0.322 e. The number of rotatable bonds is 7. The van der Waals surface area contributed by atoms with Gasteiger partial charge in [-0.25, -0.2) is 5.84 Å². The minimum Gasteiger partial charge on any atom is -0.463 e. The van der Waals surface area contributed by atoms with Crippen LogP contribution < -0.4 is 16.0 Å². The summed E-state index contributed by atoms with van der Waals surface area (Å²) in [7, 11) is 0. The van der Waals surface area contributed by atoms with Crippen molar-refractivity contribution in [3.05, 3.63) is 34.9 Å². The number of ether oxygens (including phenoxy) is 1. The Hall–Kier alpha value is -1.57. The highest BCUT2D eigenvalue weighted by Crippen LogP contribution is 2.25. The standard InChI is InChI=1S/C13H16ClN5OS/c1-2-7-20-12-16-11(19-15)17-13(18-12)21-8-9-5-3-4-6-10(9)14/h3-6H,2,7-8,15H2,1H3,(H,16,17,18,19). The zero-order chi connectivity index (χ0) is 15.1. The zero-order valence-electron chi connectivity index (χ0n) is 11.5. The van der Waals surface area contributed by atoms with Crippen LogP contribution in [0.25, 0.3) is 0 Å². The van der Waals surface area contributed by atoms with E-state index in [4.69, 9.17) is 22.2 Å². The molecule has 3 N–H and O–H groups in total. The summed E-state index contributed by atoms with van der Waals surface area (Å²) in [5.41, 5.74) is 3.43. The van der Waals surface area contributed by atoms with Crippen molar-refractivity contribution in [3.8, 4) is 6.01 Å². The van der Waals surface area contributed by atoms with E-state index in [1.54, 1.807) is 0 Å². The Morgan fingerprint density at radius 1 is 1.29 bits per heavy atom. The number of nitrogen functional groups attached to an aromatic ring is 1. The highest BCUT2D eigenvalue weighted by atomic mass is 35.5. The summed E-state index contributed by atoms with van der Waals surface area (Å²) in [6.45, 7) is 2.55. The van der Waals surface area contributed by atoms with Gasteiger partial charge in [0, 0.05) is 10.8 Å². The molecule has 0 atom stereocenters. The average Bonchev–Trinajstić information content (AvgIpc) is 2.52. The quantitative estimate of drug-likeness (QED) is 0.460. The van der Waals surface area contributed by atoms with Gasteiger partial charge in [-0.3, -0.25) is 5.43 Å². The molecule has 21 heavy (non-hydrogen) atoms. The molecule has 0 radical (unpaired) electrons. The molecule has 0 aliphatic carbocycles. The molecule has 1 aromatic heterocycles. The molecule has 0 unspecified atom stereocenters. The van der Waals surface area contributed by atoms with Crippen LogP contribution in [-0.2, 0) is 5.75 Å². The molecule has 1 aromatic carbocycles. The lowest BCUT2D eigenvalue weighted by Gasteiger charge is -2.07. The number of aromatic nitrogens is 3. The summed E-state index contributed by atoms with van der Waals surface area (Å²) in [6, 6.07) is 7.92. The van der Waals surface area contributed by atoms with Crippen molar-refractivity contribution in [3.63, 3.8) is 0 Å². The van der Waals surface area contributed by atoms with Crippen molar-refractivity contribution in [1.29, 1.82) is 0 Å². The van der Waals surface area contributed by atoms with Crippen molar-refractivity contribution < 1.29 is 4.74 Å². The van der Waals surface area contributed by atoms with Crippen LogP contribution in [0, 0.1) is 0 Å². The van der Waals surface area contributed by atoms with Crippen LogP contribution in [0.2, 0.25) is 5.02 Å². The lowest BCUT2D eigenvalue weighted by molar-refractivity contribution is 0.288.